The van der Waals surface area contributed by atoms with Gasteiger partial charge in [0.25, 0.3) is 0 Å². The summed E-state index contributed by atoms with van der Waals surface area (Å²) < 4.78 is 2.82. The van der Waals surface area contributed by atoms with E-state index in [0.717, 1.165) is 22.5 Å². The van der Waals surface area contributed by atoms with Gasteiger partial charge in [0, 0.05) is 6.04 Å². The minimum absolute atomic E-state index is 0.292. The fourth-order valence-corrected chi connectivity index (χ4v) is 2.39. The van der Waals surface area contributed by atoms with Crippen LogP contribution in [0.2, 0.25) is 0 Å². The third kappa shape index (κ3) is 2.42. The van der Waals surface area contributed by atoms with Gasteiger partial charge in [0.2, 0.25) is 0 Å². The Morgan fingerprint density at radius 2 is 2.27 bits per heavy atom. The Labute approximate surface area is 98.6 Å². The Bertz CT molecular complexity index is 344. The molecule has 1 heterocycles. The lowest BCUT2D eigenvalue weighted by Gasteiger charge is -2.16. The van der Waals surface area contributed by atoms with Crippen LogP contribution in [0.4, 0.5) is 0 Å². The van der Waals surface area contributed by atoms with Crippen molar-refractivity contribution in [3.63, 3.8) is 0 Å². The van der Waals surface area contributed by atoms with Crippen LogP contribution in [0.3, 0.4) is 0 Å². The first kappa shape index (κ1) is 11.1. The second-order valence-corrected chi connectivity index (χ2v) is 5.47. The summed E-state index contributed by atoms with van der Waals surface area (Å²) in [6, 6.07) is 0.292. The Balaban J connectivity index is 2.19. The summed E-state index contributed by atoms with van der Waals surface area (Å²) in [5.41, 5.74) is 0.928. The number of halogens is 1. The Kier molecular flexibility index (Phi) is 3.16. The van der Waals surface area contributed by atoms with E-state index in [0.29, 0.717) is 6.04 Å². The molecular weight excluding hydrogens is 256 g/mol. The highest BCUT2D eigenvalue weighted by atomic mass is 79.9. The number of aliphatic hydroxyl groups excluding tert-OH is 1. The monoisotopic (exact) mass is 272 g/mol. The normalized spacial score (nSPS) is 18.5. The van der Waals surface area contributed by atoms with Gasteiger partial charge in [0.05, 0.1) is 22.5 Å². The zero-order valence-electron chi connectivity index (χ0n) is 9.15. The maximum absolute atomic E-state index is 10.1. The molecule has 0 bridgehead atoms. The quantitative estimate of drug-likeness (QED) is 0.915. The van der Waals surface area contributed by atoms with Gasteiger partial charge in [-0.1, -0.05) is 12.8 Å². The number of aliphatic hydroxyl groups is 1. The fraction of sp³-hybridized carbons (Fsp3) is 0.727. The summed E-state index contributed by atoms with van der Waals surface area (Å²) in [7, 11) is 0. The average molecular weight is 273 g/mol. The highest BCUT2D eigenvalue weighted by Gasteiger charge is 2.28. The van der Waals surface area contributed by atoms with Gasteiger partial charge >= 0.3 is 0 Å². The molecule has 1 unspecified atom stereocenters. The standard InChI is InChI=1S/C11H17BrN2O/c1-7(2)14-11(9(12)6-13-14)10(15)5-8-3-4-8/h6-8,10,15H,3-5H2,1-2H3. The molecule has 84 valence electrons. The van der Waals surface area contributed by atoms with Gasteiger partial charge in [0.1, 0.15) is 0 Å². The smallest absolute Gasteiger partial charge is 0.0970 e. The second kappa shape index (κ2) is 4.26. The number of nitrogens with zero attached hydrogens (tertiary/aromatic N) is 2. The van der Waals surface area contributed by atoms with Crippen LogP contribution in [0, 0.1) is 5.92 Å². The summed E-state index contributed by atoms with van der Waals surface area (Å²) in [5, 5.41) is 14.4. The van der Waals surface area contributed by atoms with Crippen LogP contribution in [0.5, 0.6) is 0 Å². The molecule has 1 saturated carbocycles. The predicted octanol–water partition coefficient (Wildman–Crippen LogP) is 3.06. The lowest BCUT2D eigenvalue weighted by atomic mass is 10.1. The van der Waals surface area contributed by atoms with Gasteiger partial charge in [-0.3, -0.25) is 4.68 Å². The summed E-state index contributed by atoms with van der Waals surface area (Å²) >= 11 is 3.45. The van der Waals surface area contributed by atoms with Gasteiger partial charge in [-0.05, 0) is 42.1 Å². The van der Waals surface area contributed by atoms with Gasteiger partial charge in [0.15, 0.2) is 0 Å². The summed E-state index contributed by atoms with van der Waals surface area (Å²) in [6.07, 6.45) is 4.80. The van der Waals surface area contributed by atoms with Crippen LogP contribution < -0.4 is 0 Å². The number of rotatable bonds is 4. The summed E-state index contributed by atoms with van der Waals surface area (Å²) in [5.74, 6) is 0.724. The third-order valence-electron chi connectivity index (χ3n) is 2.85. The Hall–Kier alpha value is -0.350. The Morgan fingerprint density at radius 3 is 2.80 bits per heavy atom. The molecule has 15 heavy (non-hydrogen) atoms. The molecule has 0 radical (unpaired) electrons. The zero-order chi connectivity index (χ0) is 11.0. The maximum Gasteiger partial charge on any atom is 0.0970 e. The molecule has 0 saturated heterocycles. The van der Waals surface area contributed by atoms with Crippen LogP contribution in [-0.2, 0) is 0 Å². The van der Waals surface area contributed by atoms with E-state index in [1.807, 2.05) is 4.68 Å². The first-order valence-corrected chi connectivity index (χ1v) is 6.30. The predicted molar refractivity (Wildman–Crippen MR) is 62.6 cm³/mol. The van der Waals surface area contributed by atoms with E-state index in [-0.39, 0.29) is 6.10 Å². The van der Waals surface area contributed by atoms with Crippen molar-refractivity contribution in [2.75, 3.05) is 0 Å². The van der Waals surface area contributed by atoms with Crippen molar-refractivity contribution >= 4 is 15.9 Å². The molecule has 0 aliphatic heterocycles. The van der Waals surface area contributed by atoms with E-state index in [4.69, 9.17) is 0 Å². The van der Waals surface area contributed by atoms with E-state index >= 15 is 0 Å². The molecule has 1 aromatic rings. The van der Waals surface area contributed by atoms with Crippen molar-refractivity contribution in [2.45, 2.75) is 45.3 Å². The molecular formula is C11H17BrN2O. The van der Waals surface area contributed by atoms with E-state index in [9.17, 15) is 5.11 Å². The van der Waals surface area contributed by atoms with Crippen LogP contribution in [-0.4, -0.2) is 14.9 Å². The molecule has 1 aromatic heterocycles. The van der Waals surface area contributed by atoms with Gasteiger partial charge in [-0.15, -0.1) is 0 Å². The van der Waals surface area contributed by atoms with E-state index in [1.165, 1.54) is 12.8 Å². The lowest BCUT2D eigenvalue weighted by Crippen LogP contribution is -2.12. The SMILES string of the molecule is CC(C)n1ncc(Br)c1C(O)CC1CC1. The van der Waals surface area contributed by atoms with Crippen molar-refractivity contribution in [3.05, 3.63) is 16.4 Å². The second-order valence-electron chi connectivity index (χ2n) is 4.61. The summed E-state index contributed by atoms with van der Waals surface area (Å²) in [4.78, 5) is 0. The average Bonchev–Trinajstić information content (AvgIpc) is 2.86. The van der Waals surface area contributed by atoms with Crippen molar-refractivity contribution in [3.8, 4) is 0 Å². The van der Waals surface area contributed by atoms with Crippen molar-refractivity contribution in [1.82, 2.24) is 9.78 Å². The molecule has 0 amide bonds. The minimum Gasteiger partial charge on any atom is -0.387 e. The molecule has 2 rings (SSSR count). The molecule has 1 fully saturated rings. The van der Waals surface area contributed by atoms with E-state index < -0.39 is 0 Å². The Morgan fingerprint density at radius 1 is 1.60 bits per heavy atom. The van der Waals surface area contributed by atoms with Crippen molar-refractivity contribution < 1.29 is 5.11 Å². The molecule has 3 nitrogen and oxygen atoms in total. The highest BCUT2D eigenvalue weighted by molar-refractivity contribution is 9.10. The number of aromatic nitrogens is 2. The van der Waals surface area contributed by atoms with Crippen LogP contribution in [0.25, 0.3) is 0 Å². The highest BCUT2D eigenvalue weighted by Crippen LogP contribution is 2.39. The zero-order valence-corrected chi connectivity index (χ0v) is 10.7. The molecule has 1 aliphatic rings. The van der Waals surface area contributed by atoms with Crippen LogP contribution >= 0.6 is 15.9 Å². The lowest BCUT2D eigenvalue weighted by molar-refractivity contribution is 0.147. The van der Waals surface area contributed by atoms with Gasteiger partial charge < -0.3 is 5.11 Å². The molecule has 1 aliphatic carbocycles. The third-order valence-corrected chi connectivity index (χ3v) is 3.46. The van der Waals surface area contributed by atoms with E-state index in [1.54, 1.807) is 6.20 Å². The number of hydrogen-bond acceptors (Lipinski definition) is 2. The maximum atomic E-state index is 10.1. The van der Waals surface area contributed by atoms with Gasteiger partial charge in [-0.2, -0.15) is 5.10 Å². The fourth-order valence-electron chi connectivity index (χ4n) is 1.85. The molecule has 0 spiro atoms. The summed E-state index contributed by atoms with van der Waals surface area (Å²) in [6.45, 7) is 4.15. The van der Waals surface area contributed by atoms with Crippen LogP contribution in [0.15, 0.2) is 10.7 Å². The van der Waals surface area contributed by atoms with E-state index in [2.05, 4.69) is 34.9 Å². The molecule has 0 aromatic carbocycles. The first-order chi connectivity index (χ1) is 7.09. The molecule has 1 N–H and O–H groups in total. The van der Waals surface area contributed by atoms with Crippen molar-refractivity contribution in [2.24, 2.45) is 5.92 Å². The largest absolute Gasteiger partial charge is 0.387 e. The van der Waals surface area contributed by atoms with Crippen LogP contribution in [0.1, 0.15) is 50.9 Å². The minimum atomic E-state index is -0.378. The molecule has 1 atom stereocenters. The topological polar surface area (TPSA) is 38.0 Å². The van der Waals surface area contributed by atoms with Gasteiger partial charge in [-0.25, -0.2) is 0 Å². The number of hydrogen-bond donors (Lipinski definition) is 1. The first-order valence-electron chi connectivity index (χ1n) is 5.50. The molecule has 4 heteroatoms. The van der Waals surface area contributed by atoms with Crippen molar-refractivity contribution in [1.29, 1.82) is 0 Å².